The highest BCUT2D eigenvalue weighted by Crippen LogP contribution is 2.29. The first-order valence-corrected chi connectivity index (χ1v) is 8.74. The van der Waals surface area contributed by atoms with Crippen LogP contribution in [0, 0.1) is 34.5 Å². The lowest BCUT2D eigenvalue weighted by molar-refractivity contribution is 0.167. The third kappa shape index (κ3) is 3.42. The Morgan fingerprint density at radius 2 is 1.74 bits per heavy atom. The molecule has 0 radical (unpaired) electrons. The third-order valence-corrected chi connectivity index (χ3v) is 5.10. The highest BCUT2D eigenvalue weighted by atomic mass is 15.3. The summed E-state index contributed by atoms with van der Waals surface area (Å²) < 4.78 is 0. The maximum absolute atomic E-state index is 9.03. The van der Waals surface area contributed by atoms with Crippen LogP contribution in [0.5, 0.6) is 0 Å². The van der Waals surface area contributed by atoms with Crippen molar-refractivity contribution in [2.45, 2.75) is 44.6 Å². The predicted octanol–water partition coefficient (Wildman–Crippen LogP) is 3.23. The Balaban J connectivity index is 1.79. The SMILES string of the molecule is N#CC(C#N)C1C=CC(=C2NCCCN2C2CCCCC2)C=C1. The van der Waals surface area contributed by atoms with Crippen molar-refractivity contribution in [3.63, 3.8) is 0 Å². The number of hydrogen-bond donors (Lipinski definition) is 1. The topological polar surface area (TPSA) is 62.9 Å². The summed E-state index contributed by atoms with van der Waals surface area (Å²) in [6.45, 7) is 2.15. The second-order valence-electron chi connectivity index (χ2n) is 6.60. The van der Waals surface area contributed by atoms with Crippen LogP contribution in [-0.2, 0) is 0 Å². The van der Waals surface area contributed by atoms with Gasteiger partial charge >= 0.3 is 0 Å². The van der Waals surface area contributed by atoms with Gasteiger partial charge in [-0.1, -0.05) is 43.6 Å². The van der Waals surface area contributed by atoms with Crippen LogP contribution < -0.4 is 5.32 Å². The minimum Gasteiger partial charge on any atom is -0.371 e. The van der Waals surface area contributed by atoms with E-state index >= 15 is 0 Å². The highest BCUT2D eigenvalue weighted by molar-refractivity contribution is 5.41. The van der Waals surface area contributed by atoms with E-state index in [1.54, 1.807) is 0 Å². The summed E-state index contributed by atoms with van der Waals surface area (Å²) in [6, 6.07) is 4.80. The molecule has 3 aliphatic rings. The molecular formula is C19H24N4. The van der Waals surface area contributed by atoms with E-state index in [0.29, 0.717) is 6.04 Å². The zero-order chi connectivity index (χ0) is 16.1. The van der Waals surface area contributed by atoms with Crippen molar-refractivity contribution in [2.75, 3.05) is 13.1 Å². The quantitative estimate of drug-likeness (QED) is 0.850. The van der Waals surface area contributed by atoms with Gasteiger partial charge < -0.3 is 10.2 Å². The Morgan fingerprint density at radius 3 is 2.39 bits per heavy atom. The normalized spacial score (nSPS) is 25.2. The van der Waals surface area contributed by atoms with Crippen molar-refractivity contribution >= 4 is 0 Å². The summed E-state index contributed by atoms with van der Waals surface area (Å²) in [5.74, 6) is 0.545. The molecule has 1 aliphatic heterocycles. The maximum Gasteiger partial charge on any atom is 0.143 e. The monoisotopic (exact) mass is 308 g/mol. The molecule has 0 bridgehead atoms. The summed E-state index contributed by atoms with van der Waals surface area (Å²) in [7, 11) is 0. The van der Waals surface area contributed by atoms with Crippen LogP contribution in [0.2, 0.25) is 0 Å². The van der Waals surface area contributed by atoms with E-state index in [0.717, 1.165) is 13.1 Å². The van der Waals surface area contributed by atoms with Crippen molar-refractivity contribution in [3.05, 3.63) is 35.7 Å². The van der Waals surface area contributed by atoms with Gasteiger partial charge in [-0.05, 0) is 19.3 Å². The largest absolute Gasteiger partial charge is 0.371 e. The smallest absolute Gasteiger partial charge is 0.143 e. The van der Waals surface area contributed by atoms with Gasteiger partial charge in [-0.3, -0.25) is 0 Å². The van der Waals surface area contributed by atoms with Crippen molar-refractivity contribution in [1.82, 2.24) is 10.2 Å². The van der Waals surface area contributed by atoms with E-state index in [1.165, 1.54) is 49.9 Å². The first kappa shape index (κ1) is 15.7. The zero-order valence-electron chi connectivity index (χ0n) is 13.5. The molecule has 0 aromatic heterocycles. The Morgan fingerprint density at radius 1 is 1.04 bits per heavy atom. The molecule has 1 heterocycles. The summed E-state index contributed by atoms with van der Waals surface area (Å²) in [5, 5.41) is 21.6. The van der Waals surface area contributed by atoms with Crippen LogP contribution in [0.4, 0.5) is 0 Å². The number of nitrogens with one attached hydrogen (secondary N) is 1. The van der Waals surface area contributed by atoms with E-state index in [1.807, 2.05) is 12.2 Å². The molecule has 2 aliphatic carbocycles. The first-order valence-electron chi connectivity index (χ1n) is 8.74. The Kier molecular flexibility index (Phi) is 5.03. The molecular weight excluding hydrogens is 284 g/mol. The van der Waals surface area contributed by atoms with Gasteiger partial charge in [0.25, 0.3) is 0 Å². The molecule has 0 aromatic rings. The lowest BCUT2D eigenvalue weighted by Crippen LogP contribution is -2.46. The molecule has 0 amide bonds. The number of nitrogens with zero attached hydrogens (tertiary/aromatic N) is 3. The highest BCUT2D eigenvalue weighted by Gasteiger charge is 2.27. The standard InChI is InChI=1S/C19H24N4/c20-13-17(14-21)15-7-9-16(10-8-15)19-22-11-4-12-23(19)18-5-2-1-3-6-18/h7-10,15,17-18,22H,1-6,11-12H2. The van der Waals surface area contributed by atoms with Crippen molar-refractivity contribution in [3.8, 4) is 12.1 Å². The maximum atomic E-state index is 9.03. The van der Waals surface area contributed by atoms with Crippen LogP contribution in [0.1, 0.15) is 38.5 Å². The molecule has 4 nitrogen and oxygen atoms in total. The van der Waals surface area contributed by atoms with Gasteiger partial charge in [-0.25, -0.2) is 0 Å². The lowest BCUT2D eigenvalue weighted by atomic mass is 9.89. The summed E-state index contributed by atoms with van der Waals surface area (Å²) in [5.41, 5.74) is 1.18. The van der Waals surface area contributed by atoms with Gasteiger partial charge in [0.05, 0.1) is 12.1 Å². The van der Waals surface area contributed by atoms with E-state index in [9.17, 15) is 0 Å². The van der Waals surface area contributed by atoms with Gasteiger partial charge in [0.15, 0.2) is 0 Å². The van der Waals surface area contributed by atoms with Crippen molar-refractivity contribution < 1.29 is 0 Å². The zero-order valence-corrected chi connectivity index (χ0v) is 13.5. The molecule has 0 aromatic carbocycles. The number of allylic oxidation sites excluding steroid dienone is 5. The van der Waals surface area contributed by atoms with Crippen LogP contribution in [0.15, 0.2) is 35.7 Å². The van der Waals surface area contributed by atoms with E-state index in [4.69, 9.17) is 10.5 Å². The van der Waals surface area contributed by atoms with Crippen LogP contribution >= 0.6 is 0 Å². The van der Waals surface area contributed by atoms with E-state index < -0.39 is 5.92 Å². The minimum atomic E-state index is -0.595. The fraction of sp³-hybridized carbons (Fsp3) is 0.579. The van der Waals surface area contributed by atoms with Crippen LogP contribution in [0.25, 0.3) is 0 Å². The van der Waals surface area contributed by atoms with Gasteiger partial charge in [0, 0.05) is 30.6 Å². The van der Waals surface area contributed by atoms with Gasteiger partial charge in [-0.15, -0.1) is 0 Å². The molecule has 1 N–H and O–H groups in total. The van der Waals surface area contributed by atoms with Gasteiger partial charge in [0.1, 0.15) is 11.7 Å². The van der Waals surface area contributed by atoms with Crippen LogP contribution in [0.3, 0.4) is 0 Å². The first-order chi connectivity index (χ1) is 11.3. The summed E-state index contributed by atoms with van der Waals surface area (Å²) in [6.07, 6.45) is 16.0. The number of rotatable bonds is 2. The summed E-state index contributed by atoms with van der Waals surface area (Å²) in [4.78, 5) is 2.55. The lowest BCUT2D eigenvalue weighted by Gasteiger charge is -2.41. The molecule has 1 saturated heterocycles. The molecule has 4 heteroatoms. The van der Waals surface area contributed by atoms with E-state index in [2.05, 4.69) is 34.5 Å². The molecule has 0 atom stereocenters. The Labute approximate surface area is 138 Å². The third-order valence-electron chi connectivity index (χ3n) is 5.10. The molecule has 3 rings (SSSR count). The fourth-order valence-electron chi connectivity index (χ4n) is 3.83. The minimum absolute atomic E-state index is 0.0962. The molecule has 1 saturated carbocycles. The van der Waals surface area contributed by atoms with E-state index in [-0.39, 0.29) is 5.92 Å². The fourth-order valence-corrected chi connectivity index (χ4v) is 3.83. The number of hydrogen-bond acceptors (Lipinski definition) is 4. The predicted molar refractivity (Wildman–Crippen MR) is 89.7 cm³/mol. The van der Waals surface area contributed by atoms with Gasteiger partial charge in [-0.2, -0.15) is 10.5 Å². The molecule has 2 fully saturated rings. The Bertz CT molecular complexity index is 566. The number of nitriles is 2. The van der Waals surface area contributed by atoms with Crippen LogP contribution in [-0.4, -0.2) is 24.0 Å². The average Bonchev–Trinajstić information content (AvgIpc) is 2.64. The van der Waals surface area contributed by atoms with Gasteiger partial charge in [0.2, 0.25) is 0 Å². The molecule has 0 unspecified atom stereocenters. The summed E-state index contributed by atoms with van der Waals surface area (Å²) >= 11 is 0. The van der Waals surface area contributed by atoms with Crippen molar-refractivity contribution in [1.29, 1.82) is 10.5 Å². The second kappa shape index (κ2) is 7.38. The second-order valence-corrected chi connectivity index (χ2v) is 6.60. The Hall–Kier alpha value is -2.20. The molecule has 0 spiro atoms. The average molecular weight is 308 g/mol. The molecule has 120 valence electrons. The van der Waals surface area contributed by atoms with Crippen molar-refractivity contribution in [2.24, 2.45) is 11.8 Å². The molecule has 23 heavy (non-hydrogen) atoms.